The fourth-order valence-corrected chi connectivity index (χ4v) is 3.79. The summed E-state index contributed by atoms with van der Waals surface area (Å²) >= 11 is 1.57. The van der Waals surface area contributed by atoms with Crippen LogP contribution < -0.4 is 5.32 Å². The van der Waals surface area contributed by atoms with Crippen LogP contribution in [0.4, 0.5) is 0 Å². The number of aromatic nitrogens is 2. The first-order chi connectivity index (χ1) is 12.0. The minimum absolute atomic E-state index is 0.0753. The molecule has 0 radical (unpaired) electrons. The lowest BCUT2D eigenvalue weighted by molar-refractivity contribution is -0.131. The first-order valence-corrected chi connectivity index (χ1v) is 9.30. The van der Waals surface area contributed by atoms with Gasteiger partial charge in [-0.3, -0.25) is 14.6 Å². The smallest absolute Gasteiger partial charge is 0.229 e. The van der Waals surface area contributed by atoms with Gasteiger partial charge in [0.25, 0.3) is 0 Å². The van der Waals surface area contributed by atoms with Gasteiger partial charge in [0, 0.05) is 25.0 Å². The van der Waals surface area contributed by atoms with Crippen LogP contribution in [-0.2, 0) is 22.6 Å². The van der Waals surface area contributed by atoms with Crippen LogP contribution in [0.5, 0.6) is 0 Å². The molecule has 7 heteroatoms. The van der Waals surface area contributed by atoms with Crippen molar-refractivity contribution >= 4 is 23.2 Å². The van der Waals surface area contributed by atoms with Gasteiger partial charge in [-0.05, 0) is 37.5 Å². The van der Waals surface area contributed by atoms with Crippen LogP contribution in [0.3, 0.4) is 0 Å². The van der Waals surface area contributed by atoms with Crippen LogP contribution in [0.1, 0.15) is 47.8 Å². The average molecular weight is 358 g/mol. The Morgan fingerprint density at radius 1 is 1.40 bits per heavy atom. The van der Waals surface area contributed by atoms with Crippen LogP contribution >= 0.6 is 11.3 Å². The number of hydrogen-bond donors (Lipinski definition) is 1. The highest BCUT2D eigenvalue weighted by Gasteiger charge is 2.30. The Hall–Kier alpha value is -2.28. The Morgan fingerprint density at radius 2 is 2.24 bits per heavy atom. The van der Waals surface area contributed by atoms with Gasteiger partial charge in [0.15, 0.2) is 0 Å². The van der Waals surface area contributed by atoms with Crippen LogP contribution in [0.25, 0.3) is 0 Å². The molecular weight excluding hydrogens is 336 g/mol. The monoisotopic (exact) mass is 358 g/mol. The molecule has 1 aliphatic rings. The van der Waals surface area contributed by atoms with E-state index >= 15 is 0 Å². The first-order valence-electron chi connectivity index (χ1n) is 8.42. The number of nitrogens with zero attached hydrogens (tertiary/aromatic N) is 3. The van der Waals surface area contributed by atoms with E-state index in [1.165, 1.54) is 6.92 Å². The van der Waals surface area contributed by atoms with Crippen LogP contribution in [0.2, 0.25) is 0 Å². The van der Waals surface area contributed by atoms with Crippen LogP contribution in [0.15, 0.2) is 23.7 Å². The minimum atomic E-state index is -0.0802. The SMILES string of the molecule is CC(=O)NCc1cc([C@H]2CCCN2C(=O)Cc2csc(C)n2)ccn1. The number of rotatable bonds is 5. The molecule has 0 saturated carbocycles. The summed E-state index contributed by atoms with van der Waals surface area (Å²) in [4.78, 5) is 34.4. The molecule has 0 aliphatic carbocycles. The standard InChI is InChI=1S/C18H22N4O2S/c1-12(23)20-10-15-8-14(5-6-19-15)17-4-3-7-22(17)18(24)9-16-11-25-13(2)21-16/h5-6,8,11,17H,3-4,7,9-10H2,1-2H3,(H,20,23)/t17-/m1/s1. The summed E-state index contributed by atoms with van der Waals surface area (Å²) in [6, 6.07) is 4.02. The summed E-state index contributed by atoms with van der Waals surface area (Å²) in [7, 11) is 0. The maximum Gasteiger partial charge on any atom is 0.229 e. The van der Waals surface area contributed by atoms with E-state index in [4.69, 9.17) is 0 Å². The lowest BCUT2D eigenvalue weighted by Crippen LogP contribution is -2.32. The molecule has 3 rings (SSSR count). The van der Waals surface area contributed by atoms with Crippen molar-refractivity contribution < 1.29 is 9.59 Å². The van der Waals surface area contributed by atoms with E-state index in [0.29, 0.717) is 13.0 Å². The third-order valence-electron chi connectivity index (χ3n) is 4.32. The lowest BCUT2D eigenvalue weighted by Gasteiger charge is -2.25. The number of pyridine rings is 1. The molecule has 1 saturated heterocycles. The Balaban J connectivity index is 1.71. The molecule has 0 bridgehead atoms. The van der Waals surface area contributed by atoms with Crippen molar-refractivity contribution in [2.75, 3.05) is 6.54 Å². The zero-order valence-corrected chi connectivity index (χ0v) is 15.3. The Morgan fingerprint density at radius 3 is 2.96 bits per heavy atom. The van der Waals surface area contributed by atoms with Crippen molar-refractivity contribution in [3.63, 3.8) is 0 Å². The predicted molar refractivity (Wildman–Crippen MR) is 96.0 cm³/mol. The Kier molecular flexibility index (Phi) is 5.43. The van der Waals surface area contributed by atoms with Gasteiger partial charge in [-0.1, -0.05) is 0 Å². The van der Waals surface area contributed by atoms with E-state index in [2.05, 4.69) is 15.3 Å². The Labute approximate surface area is 151 Å². The molecular formula is C18H22N4O2S. The van der Waals surface area contributed by atoms with E-state index in [9.17, 15) is 9.59 Å². The van der Waals surface area contributed by atoms with Gasteiger partial charge in [-0.2, -0.15) is 0 Å². The van der Waals surface area contributed by atoms with Crippen molar-refractivity contribution in [1.29, 1.82) is 0 Å². The topological polar surface area (TPSA) is 75.2 Å². The number of amides is 2. The van der Waals surface area contributed by atoms with E-state index in [1.807, 2.05) is 29.3 Å². The van der Waals surface area contributed by atoms with E-state index in [0.717, 1.165) is 41.3 Å². The first kappa shape index (κ1) is 17.5. The molecule has 1 N–H and O–H groups in total. The number of likely N-dealkylation sites (tertiary alicyclic amines) is 1. The van der Waals surface area contributed by atoms with Gasteiger partial charge in [-0.25, -0.2) is 4.98 Å². The quantitative estimate of drug-likeness (QED) is 0.890. The molecule has 0 unspecified atom stereocenters. The lowest BCUT2D eigenvalue weighted by atomic mass is 10.0. The fourth-order valence-electron chi connectivity index (χ4n) is 3.17. The van der Waals surface area contributed by atoms with E-state index in [1.54, 1.807) is 17.5 Å². The molecule has 2 aromatic heterocycles. The third-order valence-corrected chi connectivity index (χ3v) is 5.14. The van der Waals surface area contributed by atoms with Gasteiger partial charge in [0.1, 0.15) is 0 Å². The summed E-state index contributed by atoms with van der Waals surface area (Å²) in [5, 5.41) is 5.70. The predicted octanol–water partition coefficient (Wildman–Crippen LogP) is 2.39. The molecule has 1 fully saturated rings. The zero-order chi connectivity index (χ0) is 17.8. The van der Waals surface area contributed by atoms with Crippen molar-refractivity contribution in [3.8, 4) is 0 Å². The highest BCUT2D eigenvalue weighted by Crippen LogP contribution is 2.32. The van der Waals surface area contributed by atoms with Crippen molar-refractivity contribution in [2.24, 2.45) is 0 Å². The fraction of sp³-hybridized carbons (Fsp3) is 0.444. The van der Waals surface area contributed by atoms with E-state index < -0.39 is 0 Å². The number of carbonyl (C=O) groups excluding carboxylic acids is 2. The van der Waals surface area contributed by atoms with Gasteiger partial charge >= 0.3 is 0 Å². The second-order valence-electron chi connectivity index (χ2n) is 6.27. The molecule has 0 aromatic carbocycles. The highest BCUT2D eigenvalue weighted by atomic mass is 32.1. The largest absolute Gasteiger partial charge is 0.351 e. The summed E-state index contributed by atoms with van der Waals surface area (Å²) in [5.74, 6) is 0.0384. The number of carbonyl (C=O) groups is 2. The molecule has 1 aliphatic heterocycles. The second-order valence-corrected chi connectivity index (χ2v) is 7.33. The molecule has 2 aromatic rings. The van der Waals surface area contributed by atoms with Gasteiger partial charge in [0.05, 0.1) is 35.4 Å². The maximum absolute atomic E-state index is 12.7. The van der Waals surface area contributed by atoms with Gasteiger partial charge in [0.2, 0.25) is 11.8 Å². The number of hydrogen-bond acceptors (Lipinski definition) is 5. The number of nitrogens with one attached hydrogen (secondary N) is 1. The van der Waals surface area contributed by atoms with Crippen LogP contribution in [0, 0.1) is 6.92 Å². The van der Waals surface area contributed by atoms with Gasteiger partial charge < -0.3 is 10.2 Å². The normalized spacial score (nSPS) is 16.9. The molecule has 2 amide bonds. The minimum Gasteiger partial charge on any atom is -0.351 e. The molecule has 132 valence electrons. The maximum atomic E-state index is 12.7. The van der Waals surface area contributed by atoms with Crippen LogP contribution in [-0.4, -0.2) is 33.2 Å². The molecule has 6 nitrogen and oxygen atoms in total. The molecule has 25 heavy (non-hydrogen) atoms. The van der Waals surface area contributed by atoms with Crippen molar-refractivity contribution in [2.45, 2.75) is 45.7 Å². The van der Waals surface area contributed by atoms with E-state index in [-0.39, 0.29) is 17.9 Å². The van der Waals surface area contributed by atoms with Crippen molar-refractivity contribution in [3.05, 3.63) is 45.7 Å². The second kappa shape index (κ2) is 7.74. The summed E-state index contributed by atoms with van der Waals surface area (Å²) in [6.45, 7) is 4.62. The van der Waals surface area contributed by atoms with Crippen molar-refractivity contribution in [1.82, 2.24) is 20.2 Å². The van der Waals surface area contributed by atoms with Gasteiger partial charge in [-0.15, -0.1) is 11.3 Å². The molecule has 0 spiro atoms. The third kappa shape index (κ3) is 4.42. The molecule has 1 atom stereocenters. The number of thiazole rings is 1. The highest BCUT2D eigenvalue weighted by molar-refractivity contribution is 7.09. The average Bonchev–Trinajstić information content (AvgIpc) is 3.22. The number of aryl methyl sites for hydroxylation is 1. The summed E-state index contributed by atoms with van der Waals surface area (Å²) < 4.78 is 0. The Bertz CT molecular complexity index is 774. The zero-order valence-electron chi connectivity index (χ0n) is 14.5. The summed E-state index contributed by atoms with van der Waals surface area (Å²) in [5.41, 5.74) is 2.73. The molecule has 3 heterocycles. The summed E-state index contributed by atoms with van der Waals surface area (Å²) in [6.07, 6.45) is 4.04.